The molecular formula is C11H17N2. The third kappa shape index (κ3) is 3.05. The van der Waals surface area contributed by atoms with Crippen LogP contribution in [0.1, 0.15) is 26.7 Å². The molecule has 0 aliphatic heterocycles. The Kier molecular flexibility index (Phi) is 4.30. The van der Waals surface area contributed by atoms with Crippen molar-refractivity contribution in [3.05, 3.63) is 24.5 Å². The molecule has 0 N–H and O–H groups in total. The van der Waals surface area contributed by atoms with E-state index in [2.05, 4.69) is 36.0 Å². The number of pyridine rings is 1. The van der Waals surface area contributed by atoms with Crippen molar-refractivity contribution in [3.8, 4) is 0 Å². The Morgan fingerprint density at radius 1 is 1.46 bits per heavy atom. The number of hydrogen-bond acceptors (Lipinski definition) is 2. The van der Waals surface area contributed by atoms with Gasteiger partial charge in [-0.05, 0) is 25.5 Å². The van der Waals surface area contributed by atoms with Crippen LogP contribution in [0.5, 0.6) is 0 Å². The van der Waals surface area contributed by atoms with Crippen LogP contribution in [0.4, 0.5) is 5.69 Å². The largest absolute Gasteiger partial charge is 0.370 e. The van der Waals surface area contributed by atoms with Gasteiger partial charge in [-0.15, -0.1) is 0 Å². The van der Waals surface area contributed by atoms with Gasteiger partial charge in [-0.2, -0.15) is 0 Å². The first-order valence-corrected chi connectivity index (χ1v) is 4.96. The molecular weight excluding hydrogens is 160 g/mol. The highest BCUT2D eigenvalue weighted by Gasteiger charge is 2.02. The molecule has 0 aliphatic carbocycles. The van der Waals surface area contributed by atoms with E-state index in [1.165, 1.54) is 12.8 Å². The summed E-state index contributed by atoms with van der Waals surface area (Å²) in [7, 11) is 0. The summed E-state index contributed by atoms with van der Waals surface area (Å²) in [6, 6.07) is 4.02. The standard InChI is InChI=1S/C11H17N2/c1-3-5-9-13(4-2)11-7-6-8-12-10-11/h6-8H,3-5,9H2,1-2H3. The van der Waals surface area contributed by atoms with E-state index in [9.17, 15) is 0 Å². The second-order valence-electron chi connectivity index (χ2n) is 3.07. The first-order chi connectivity index (χ1) is 6.38. The Morgan fingerprint density at radius 3 is 2.85 bits per heavy atom. The second kappa shape index (κ2) is 5.57. The van der Waals surface area contributed by atoms with Crippen LogP contribution < -0.4 is 4.90 Å². The van der Waals surface area contributed by atoms with Gasteiger partial charge in [-0.3, -0.25) is 4.98 Å². The van der Waals surface area contributed by atoms with Crippen molar-refractivity contribution < 1.29 is 0 Å². The Balaban J connectivity index is 2.56. The molecule has 0 amide bonds. The number of aromatic nitrogens is 1. The molecule has 0 fully saturated rings. The second-order valence-corrected chi connectivity index (χ2v) is 3.07. The van der Waals surface area contributed by atoms with E-state index in [1.807, 2.05) is 6.07 Å². The van der Waals surface area contributed by atoms with Crippen LogP contribution in [0.15, 0.2) is 18.3 Å². The van der Waals surface area contributed by atoms with Gasteiger partial charge in [0.2, 0.25) is 0 Å². The Labute approximate surface area is 80.6 Å². The van der Waals surface area contributed by atoms with Gasteiger partial charge < -0.3 is 4.90 Å². The van der Waals surface area contributed by atoms with Gasteiger partial charge in [-0.1, -0.05) is 13.3 Å². The predicted octanol–water partition coefficient (Wildman–Crippen LogP) is 2.51. The van der Waals surface area contributed by atoms with Crippen LogP contribution in [-0.4, -0.2) is 18.1 Å². The van der Waals surface area contributed by atoms with E-state index >= 15 is 0 Å². The van der Waals surface area contributed by atoms with Crippen LogP contribution in [0.2, 0.25) is 0 Å². The average molecular weight is 177 g/mol. The normalized spacial score (nSPS) is 10.0. The van der Waals surface area contributed by atoms with E-state index in [4.69, 9.17) is 0 Å². The minimum absolute atomic E-state index is 1.03. The third-order valence-corrected chi connectivity index (χ3v) is 2.10. The van der Waals surface area contributed by atoms with Crippen molar-refractivity contribution in [2.75, 3.05) is 18.0 Å². The van der Waals surface area contributed by atoms with Crippen molar-refractivity contribution in [1.29, 1.82) is 0 Å². The number of nitrogens with zero attached hydrogens (tertiary/aromatic N) is 2. The zero-order chi connectivity index (χ0) is 9.52. The molecule has 0 aliphatic rings. The molecule has 1 heterocycles. The van der Waals surface area contributed by atoms with Crippen LogP contribution in [0, 0.1) is 6.20 Å². The maximum absolute atomic E-state index is 3.99. The fourth-order valence-electron chi connectivity index (χ4n) is 1.29. The summed E-state index contributed by atoms with van der Waals surface area (Å²) < 4.78 is 0. The van der Waals surface area contributed by atoms with Crippen molar-refractivity contribution in [2.45, 2.75) is 26.7 Å². The molecule has 2 heteroatoms. The molecule has 0 bridgehead atoms. The van der Waals surface area contributed by atoms with Gasteiger partial charge in [0.25, 0.3) is 0 Å². The Morgan fingerprint density at radius 2 is 2.31 bits per heavy atom. The van der Waals surface area contributed by atoms with Crippen LogP contribution in [0.3, 0.4) is 0 Å². The van der Waals surface area contributed by atoms with Gasteiger partial charge in [0.1, 0.15) is 6.20 Å². The molecule has 0 atom stereocenters. The SMILES string of the molecule is CCCCN(CC)c1[c]nccc1. The zero-order valence-electron chi connectivity index (χ0n) is 8.45. The molecule has 13 heavy (non-hydrogen) atoms. The van der Waals surface area contributed by atoms with Crippen LogP contribution >= 0.6 is 0 Å². The highest BCUT2D eigenvalue weighted by atomic mass is 15.1. The maximum atomic E-state index is 3.99. The monoisotopic (exact) mass is 177 g/mol. The molecule has 1 aromatic rings. The number of rotatable bonds is 5. The summed E-state index contributed by atoms with van der Waals surface area (Å²) >= 11 is 0. The quantitative estimate of drug-likeness (QED) is 0.687. The topological polar surface area (TPSA) is 16.1 Å². The van der Waals surface area contributed by atoms with E-state index in [1.54, 1.807) is 6.20 Å². The van der Waals surface area contributed by atoms with E-state index in [-0.39, 0.29) is 0 Å². The highest BCUT2D eigenvalue weighted by Crippen LogP contribution is 2.10. The minimum Gasteiger partial charge on any atom is -0.370 e. The van der Waals surface area contributed by atoms with Crippen LogP contribution in [-0.2, 0) is 0 Å². The fourth-order valence-corrected chi connectivity index (χ4v) is 1.29. The Hall–Kier alpha value is -1.05. The van der Waals surface area contributed by atoms with E-state index in [0.717, 1.165) is 18.8 Å². The molecule has 2 nitrogen and oxygen atoms in total. The lowest BCUT2D eigenvalue weighted by atomic mass is 10.3. The molecule has 0 unspecified atom stereocenters. The molecule has 0 spiro atoms. The summed E-state index contributed by atoms with van der Waals surface area (Å²) in [5.41, 5.74) is 1.11. The average Bonchev–Trinajstić information content (AvgIpc) is 2.21. The number of anilines is 1. The maximum Gasteiger partial charge on any atom is 0.114 e. The van der Waals surface area contributed by atoms with Crippen molar-refractivity contribution >= 4 is 5.69 Å². The lowest BCUT2D eigenvalue weighted by molar-refractivity contribution is 0.730. The van der Waals surface area contributed by atoms with Crippen molar-refractivity contribution in [1.82, 2.24) is 4.98 Å². The predicted molar refractivity (Wildman–Crippen MR) is 55.9 cm³/mol. The van der Waals surface area contributed by atoms with Gasteiger partial charge in [0, 0.05) is 19.3 Å². The van der Waals surface area contributed by atoms with Crippen molar-refractivity contribution in [2.24, 2.45) is 0 Å². The number of hydrogen-bond donors (Lipinski definition) is 0. The lowest BCUT2D eigenvalue weighted by Crippen LogP contribution is -2.23. The van der Waals surface area contributed by atoms with E-state index < -0.39 is 0 Å². The summed E-state index contributed by atoms with van der Waals surface area (Å²) in [6.07, 6.45) is 7.23. The summed E-state index contributed by atoms with van der Waals surface area (Å²) in [5.74, 6) is 0. The van der Waals surface area contributed by atoms with E-state index in [0.29, 0.717) is 0 Å². The Bertz CT molecular complexity index is 221. The highest BCUT2D eigenvalue weighted by molar-refractivity contribution is 5.42. The molecule has 71 valence electrons. The summed E-state index contributed by atoms with van der Waals surface area (Å²) in [6.45, 7) is 6.51. The molecule has 0 aromatic carbocycles. The minimum atomic E-state index is 1.03. The first-order valence-electron chi connectivity index (χ1n) is 4.96. The van der Waals surface area contributed by atoms with Crippen molar-refractivity contribution in [3.63, 3.8) is 0 Å². The molecule has 1 aromatic heterocycles. The van der Waals surface area contributed by atoms with Gasteiger partial charge in [0.15, 0.2) is 0 Å². The molecule has 1 radical (unpaired) electrons. The lowest BCUT2D eigenvalue weighted by Gasteiger charge is -2.21. The molecule has 1 rings (SSSR count). The third-order valence-electron chi connectivity index (χ3n) is 2.10. The van der Waals surface area contributed by atoms with Gasteiger partial charge >= 0.3 is 0 Å². The fraction of sp³-hybridized carbons (Fsp3) is 0.545. The molecule has 0 saturated carbocycles. The summed E-state index contributed by atoms with van der Waals surface area (Å²) in [4.78, 5) is 6.30. The first kappa shape index (κ1) is 10.0. The van der Waals surface area contributed by atoms with Gasteiger partial charge in [-0.25, -0.2) is 0 Å². The smallest absolute Gasteiger partial charge is 0.114 e. The zero-order valence-corrected chi connectivity index (χ0v) is 8.45. The van der Waals surface area contributed by atoms with Crippen LogP contribution in [0.25, 0.3) is 0 Å². The number of unbranched alkanes of at least 4 members (excludes halogenated alkanes) is 1. The summed E-state index contributed by atoms with van der Waals surface area (Å²) in [5, 5.41) is 0. The van der Waals surface area contributed by atoms with Gasteiger partial charge in [0.05, 0.1) is 5.69 Å². The molecule has 0 saturated heterocycles.